The maximum Gasteiger partial charge on any atom is 0.127 e. The van der Waals surface area contributed by atoms with Gasteiger partial charge in [0.1, 0.15) is 11.2 Å². The Balaban J connectivity index is 1.28. The van der Waals surface area contributed by atoms with Gasteiger partial charge in [-0.15, -0.1) is 0 Å². The average Bonchev–Trinajstić information content (AvgIpc) is 2.87. The number of rotatable bonds is 4. The van der Waals surface area contributed by atoms with E-state index in [1.54, 1.807) is 24.3 Å². The second-order valence-electron chi connectivity index (χ2n) is 9.16. The van der Waals surface area contributed by atoms with Gasteiger partial charge in [-0.1, -0.05) is 105 Å². The molecule has 172 valence electrons. The summed E-state index contributed by atoms with van der Waals surface area (Å²) in [5.41, 5.74) is 1.91. The number of aliphatic hydroxyl groups is 2. The van der Waals surface area contributed by atoms with Crippen molar-refractivity contribution in [3.63, 3.8) is 0 Å². The Morgan fingerprint density at radius 3 is 1.91 bits per heavy atom. The molecule has 0 saturated heterocycles. The minimum Gasteiger partial charge on any atom is -0.381 e. The maximum atomic E-state index is 11.3. The van der Waals surface area contributed by atoms with Crippen LogP contribution in [0.5, 0.6) is 0 Å². The summed E-state index contributed by atoms with van der Waals surface area (Å²) in [6, 6.07) is 16.1. The molecule has 0 unspecified atom stereocenters. The summed E-state index contributed by atoms with van der Waals surface area (Å²) in [6.07, 6.45) is 21.6. The van der Waals surface area contributed by atoms with Crippen molar-refractivity contribution in [3.05, 3.63) is 129 Å². The predicted octanol–water partition coefficient (Wildman–Crippen LogP) is 7.52. The SMILES string of the molecule is OC1(c2ccc(-c3ccc(Br)cc3)cc2)C=CC(O)([C@@H]2C=CC([C@@H]3C=CC(Br)=CC3)=CC2)C=C1. The third-order valence-electron chi connectivity index (χ3n) is 6.94. The zero-order valence-corrected chi connectivity index (χ0v) is 21.8. The molecule has 34 heavy (non-hydrogen) atoms. The van der Waals surface area contributed by atoms with Gasteiger partial charge in [0.25, 0.3) is 0 Å². The first-order chi connectivity index (χ1) is 16.3. The molecular weight excluding hydrogens is 552 g/mol. The number of allylic oxidation sites excluding steroid dienone is 7. The predicted molar refractivity (Wildman–Crippen MR) is 146 cm³/mol. The summed E-state index contributed by atoms with van der Waals surface area (Å²) >= 11 is 6.98. The van der Waals surface area contributed by atoms with Crippen molar-refractivity contribution in [3.8, 4) is 11.1 Å². The van der Waals surface area contributed by atoms with Crippen molar-refractivity contribution in [1.29, 1.82) is 0 Å². The van der Waals surface area contributed by atoms with Gasteiger partial charge >= 0.3 is 0 Å². The largest absolute Gasteiger partial charge is 0.381 e. The molecule has 2 atom stereocenters. The van der Waals surface area contributed by atoms with Gasteiger partial charge in [-0.3, -0.25) is 0 Å². The highest BCUT2D eigenvalue weighted by Gasteiger charge is 2.37. The fourth-order valence-corrected chi connectivity index (χ4v) is 5.34. The lowest BCUT2D eigenvalue weighted by atomic mass is 9.75. The van der Waals surface area contributed by atoms with Crippen LogP contribution in [-0.2, 0) is 5.60 Å². The molecule has 0 bridgehead atoms. The maximum absolute atomic E-state index is 11.3. The first-order valence-corrected chi connectivity index (χ1v) is 13.1. The minimum atomic E-state index is -1.24. The average molecular weight is 578 g/mol. The van der Waals surface area contributed by atoms with Crippen LogP contribution in [0, 0.1) is 11.8 Å². The number of halogens is 2. The van der Waals surface area contributed by atoms with Gasteiger partial charge in [0.15, 0.2) is 0 Å². The molecule has 2 nitrogen and oxygen atoms in total. The zero-order valence-electron chi connectivity index (χ0n) is 18.6. The second-order valence-corrected chi connectivity index (χ2v) is 11.0. The molecule has 0 aromatic heterocycles. The quantitative estimate of drug-likeness (QED) is 0.369. The highest BCUT2D eigenvalue weighted by atomic mass is 79.9. The summed E-state index contributed by atoms with van der Waals surface area (Å²) in [7, 11) is 0. The van der Waals surface area contributed by atoms with E-state index in [0.717, 1.165) is 38.5 Å². The second kappa shape index (κ2) is 9.43. The van der Waals surface area contributed by atoms with Crippen molar-refractivity contribution >= 4 is 31.9 Å². The van der Waals surface area contributed by atoms with E-state index in [0.29, 0.717) is 5.92 Å². The van der Waals surface area contributed by atoms with E-state index in [1.807, 2.05) is 36.4 Å². The van der Waals surface area contributed by atoms with E-state index in [-0.39, 0.29) is 5.92 Å². The molecule has 0 fully saturated rings. The molecule has 2 N–H and O–H groups in total. The highest BCUT2D eigenvalue weighted by molar-refractivity contribution is 9.12. The van der Waals surface area contributed by atoms with E-state index < -0.39 is 11.2 Å². The topological polar surface area (TPSA) is 40.5 Å². The van der Waals surface area contributed by atoms with E-state index in [9.17, 15) is 10.2 Å². The van der Waals surface area contributed by atoms with Crippen molar-refractivity contribution in [2.24, 2.45) is 11.8 Å². The Labute approximate surface area is 217 Å². The van der Waals surface area contributed by atoms with Crippen molar-refractivity contribution < 1.29 is 10.2 Å². The van der Waals surface area contributed by atoms with Gasteiger partial charge in [0.2, 0.25) is 0 Å². The van der Waals surface area contributed by atoms with Gasteiger partial charge in [-0.05, 0) is 71.5 Å². The van der Waals surface area contributed by atoms with Crippen LogP contribution in [0.3, 0.4) is 0 Å². The first-order valence-electron chi connectivity index (χ1n) is 11.5. The molecular formula is C30H26Br2O2. The van der Waals surface area contributed by atoms with Crippen LogP contribution < -0.4 is 0 Å². The van der Waals surface area contributed by atoms with Gasteiger partial charge in [0, 0.05) is 20.8 Å². The molecule has 5 rings (SSSR count). The van der Waals surface area contributed by atoms with Crippen molar-refractivity contribution in [1.82, 2.24) is 0 Å². The van der Waals surface area contributed by atoms with Crippen LogP contribution in [0.4, 0.5) is 0 Å². The summed E-state index contributed by atoms with van der Waals surface area (Å²) in [4.78, 5) is 0. The molecule has 2 aromatic rings. The van der Waals surface area contributed by atoms with Gasteiger partial charge in [-0.2, -0.15) is 0 Å². The van der Waals surface area contributed by atoms with E-state index in [2.05, 4.69) is 80.4 Å². The number of benzene rings is 2. The first kappa shape index (κ1) is 23.5. The normalized spacial score (nSPS) is 30.2. The van der Waals surface area contributed by atoms with Gasteiger partial charge in [-0.25, -0.2) is 0 Å². The minimum absolute atomic E-state index is 0.0667. The molecule has 0 amide bonds. The fourth-order valence-electron chi connectivity index (χ4n) is 4.74. The highest BCUT2D eigenvalue weighted by Crippen LogP contribution is 2.39. The molecule has 0 saturated carbocycles. The Bertz CT molecular complexity index is 1230. The lowest BCUT2D eigenvalue weighted by Gasteiger charge is -2.36. The Kier molecular flexibility index (Phi) is 6.51. The molecule has 4 heteroatoms. The van der Waals surface area contributed by atoms with Crippen molar-refractivity contribution in [2.45, 2.75) is 24.0 Å². The summed E-state index contributed by atoms with van der Waals surface area (Å²) < 4.78 is 2.17. The summed E-state index contributed by atoms with van der Waals surface area (Å²) in [5.74, 6) is 0.319. The van der Waals surface area contributed by atoms with E-state index >= 15 is 0 Å². The Hall–Kier alpha value is -2.24. The van der Waals surface area contributed by atoms with Crippen molar-refractivity contribution in [2.75, 3.05) is 0 Å². The molecule has 3 aliphatic carbocycles. The van der Waals surface area contributed by atoms with Crippen LogP contribution in [0.2, 0.25) is 0 Å². The van der Waals surface area contributed by atoms with Crippen LogP contribution in [0.1, 0.15) is 18.4 Å². The number of hydrogen-bond acceptors (Lipinski definition) is 2. The summed E-state index contributed by atoms with van der Waals surface area (Å²) in [5, 5.41) is 22.6. The molecule has 3 aliphatic rings. The molecule has 0 heterocycles. The molecule has 0 spiro atoms. The van der Waals surface area contributed by atoms with E-state index in [1.165, 1.54) is 5.57 Å². The third-order valence-corrected chi connectivity index (χ3v) is 8.06. The third kappa shape index (κ3) is 4.78. The molecule has 2 aromatic carbocycles. The standard InChI is InChI=1S/C30H26Br2O2/c31-27-13-5-23(6-14-27)21-1-9-25(10-2-21)29(33)17-19-30(34,20-18-29)26-11-3-22(4-12-26)24-7-15-28(32)16-8-24/h1-7,9-11,13-20,24,26,33-34H,8,12H2/t24-,26-,29?,30?/m1/s1. The van der Waals surface area contributed by atoms with Gasteiger partial charge < -0.3 is 10.2 Å². The summed E-state index contributed by atoms with van der Waals surface area (Å²) in [6.45, 7) is 0. The monoisotopic (exact) mass is 576 g/mol. The molecule has 0 aliphatic heterocycles. The lowest BCUT2D eigenvalue weighted by molar-refractivity contribution is 0.0777. The van der Waals surface area contributed by atoms with Crippen LogP contribution in [-0.4, -0.2) is 15.8 Å². The smallest absolute Gasteiger partial charge is 0.127 e. The van der Waals surface area contributed by atoms with E-state index in [4.69, 9.17) is 0 Å². The fraction of sp³-hybridized carbons (Fsp3) is 0.200. The lowest BCUT2D eigenvalue weighted by Crippen LogP contribution is -2.38. The van der Waals surface area contributed by atoms with Gasteiger partial charge in [0.05, 0.1) is 0 Å². The van der Waals surface area contributed by atoms with Crippen LogP contribution >= 0.6 is 31.9 Å². The number of hydrogen-bond donors (Lipinski definition) is 2. The van der Waals surface area contributed by atoms with Crippen LogP contribution in [0.15, 0.2) is 124 Å². The zero-order chi connectivity index (χ0) is 23.8. The molecule has 0 radical (unpaired) electrons. The Morgan fingerprint density at radius 1 is 0.706 bits per heavy atom. The Morgan fingerprint density at radius 2 is 1.35 bits per heavy atom. The van der Waals surface area contributed by atoms with Crippen LogP contribution in [0.25, 0.3) is 11.1 Å².